The van der Waals surface area contributed by atoms with Crippen molar-refractivity contribution in [1.82, 2.24) is 10.2 Å². The molecule has 0 amide bonds. The van der Waals surface area contributed by atoms with Crippen LogP contribution in [-0.2, 0) is 9.53 Å². The number of ether oxygens (including phenoxy) is 1. The molecule has 0 radical (unpaired) electrons. The third kappa shape index (κ3) is 1.26. The first-order chi connectivity index (χ1) is 7.42. The SMILES string of the molecule is CC(C)(C)OC(=O)C12CC3CNCC(C1)N32. The van der Waals surface area contributed by atoms with Gasteiger partial charge in [0.1, 0.15) is 11.1 Å². The minimum absolute atomic E-state index is 0.00519. The summed E-state index contributed by atoms with van der Waals surface area (Å²) in [6.07, 6.45) is 1.96. The van der Waals surface area contributed by atoms with Crippen molar-refractivity contribution < 1.29 is 9.53 Å². The monoisotopic (exact) mass is 224 g/mol. The fourth-order valence-corrected chi connectivity index (χ4v) is 3.45. The lowest BCUT2D eigenvalue weighted by atomic mass is 9.63. The summed E-state index contributed by atoms with van der Waals surface area (Å²) >= 11 is 0. The van der Waals surface area contributed by atoms with Gasteiger partial charge in [0.25, 0.3) is 0 Å². The van der Waals surface area contributed by atoms with E-state index in [4.69, 9.17) is 4.74 Å². The number of carbonyl (C=O) groups is 1. The zero-order valence-corrected chi connectivity index (χ0v) is 10.2. The lowest BCUT2D eigenvalue weighted by molar-refractivity contribution is -0.236. The van der Waals surface area contributed by atoms with Crippen LogP contribution in [0.2, 0.25) is 0 Å². The number of rotatable bonds is 1. The van der Waals surface area contributed by atoms with E-state index in [2.05, 4.69) is 10.2 Å². The van der Waals surface area contributed by atoms with E-state index >= 15 is 0 Å². The fourth-order valence-electron chi connectivity index (χ4n) is 3.45. The second-order valence-electron chi connectivity index (χ2n) is 6.31. The minimum Gasteiger partial charge on any atom is -0.459 e. The van der Waals surface area contributed by atoms with Crippen LogP contribution >= 0.6 is 0 Å². The maximum absolute atomic E-state index is 12.2. The number of piperidine rings is 1. The van der Waals surface area contributed by atoms with Gasteiger partial charge >= 0.3 is 5.97 Å². The quantitative estimate of drug-likeness (QED) is 0.659. The van der Waals surface area contributed by atoms with Gasteiger partial charge in [0.15, 0.2) is 0 Å². The molecular formula is C12H20N2O2. The minimum atomic E-state index is -0.365. The number of nitrogens with one attached hydrogen (secondary N) is 1. The average Bonchev–Trinajstić information content (AvgIpc) is 2.03. The van der Waals surface area contributed by atoms with E-state index in [1.54, 1.807) is 0 Å². The summed E-state index contributed by atoms with van der Waals surface area (Å²) in [5.74, 6) is -0.00519. The normalized spacial score (nSPS) is 41.7. The molecule has 0 aromatic carbocycles. The molecule has 16 heavy (non-hydrogen) atoms. The summed E-state index contributed by atoms with van der Waals surface area (Å²) in [6, 6.07) is 1.14. The van der Waals surface area contributed by atoms with Gasteiger partial charge in [-0.3, -0.25) is 9.69 Å². The van der Waals surface area contributed by atoms with Crippen LogP contribution < -0.4 is 5.32 Å². The van der Waals surface area contributed by atoms with Gasteiger partial charge in [0.05, 0.1) is 0 Å². The van der Waals surface area contributed by atoms with E-state index in [-0.39, 0.29) is 17.1 Å². The Balaban J connectivity index is 1.71. The van der Waals surface area contributed by atoms with Crippen molar-refractivity contribution in [3.05, 3.63) is 0 Å². The van der Waals surface area contributed by atoms with Crippen LogP contribution in [-0.4, -0.2) is 47.2 Å². The number of esters is 1. The summed E-state index contributed by atoms with van der Waals surface area (Å²) in [6.45, 7) is 7.87. The Kier molecular flexibility index (Phi) is 1.97. The number of piperazine rings is 1. The first-order valence-corrected chi connectivity index (χ1v) is 6.15. The highest BCUT2D eigenvalue weighted by atomic mass is 16.6. The van der Waals surface area contributed by atoms with Crippen LogP contribution in [0.4, 0.5) is 0 Å². The maximum Gasteiger partial charge on any atom is 0.327 e. The lowest BCUT2D eigenvalue weighted by Gasteiger charge is -2.70. The summed E-state index contributed by atoms with van der Waals surface area (Å²) < 4.78 is 5.53. The molecule has 2 unspecified atom stereocenters. The van der Waals surface area contributed by atoms with E-state index in [0.29, 0.717) is 12.1 Å². The van der Waals surface area contributed by atoms with E-state index in [0.717, 1.165) is 25.9 Å². The van der Waals surface area contributed by atoms with E-state index < -0.39 is 0 Å². The number of hydrogen-bond acceptors (Lipinski definition) is 4. The summed E-state index contributed by atoms with van der Waals surface area (Å²) in [5.41, 5.74) is -0.610. The summed E-state index contributed by atoms with van der Waals surface area (Å²) in [5, 5.41) is 3.41. The van der Waals surface area contributed by atoms with Crippen LogP contribution in [0.1, 0.15) is 33.6 Å². The summed E-state index contributed by atoms with van der Waals surface area (Å²) in [7, 11) is 0. The Morgan fingerprint density at radius 1 is 1.31 bits per heavy atom. The molecule has 3 rings (SSSR count). The van der Waals surface area contributed by atoms with Gasteiger partial charge < -0.3 is 10.1 Å². The highest BCUT2D eigenvalue weighted by Gasteiger charge is 2.69. The van der Waals surface area contributed by atoms with Crippen molar-refractivity contribution in [3.8, 4) is 0 Å². The molecule has 3 heterocycles. The van der Waals surface area contributed by atoms with E-state index in [1.165, 1.54) is 0 Å². The molecule has 0 bridgehead atoms. The van der Waals surface area contributed by atoms with Crippen LogP contribution in [0.15, 0.2) is 0 Å². The van der Waals surface area contributed by atoms with E-state index in [1.807, 2.05) is 20.8 Å². The number of nitrogens with zero attached hydrogens (tertiary/aromatic N) is 1. The van der Waals surface area contributed by atoms with Gasteiger partial charge in [-0.15, -0.1) is 0 Å². The Labute approximate surface area is 96.3 Å². The molecule has 2 atom stereocenters. The van der Waals surface area contributed by atoms with Gasteiger partial charge in [-0.25, -0.2) is 0 Å². The Morgan fingerprint density at radius 3 is 2.38 bits per heavy atom. The molecule has 3 fully saturated rings. The smallest absolute Gasteiger partial charge is 0.327 e. The predicted molar refractivity (Wildman–Crippen MR) is 60.1 cm³/mol. The average molecular weight is 224 g/mol. The first kappa shape index (κ1) is 10.5. The molecule has 0 spiro atoms. The number of carbonyl (C=O) groups excluding carboxylic acids is 1. The van der Waals surface area contributed by atoms with Gasteiger partial charge in [-0.2, -0.15) is 0 Å². The Morgan fingerprint density at radius 2 is 1.88 bits per heavy atom. The summed E-state index contributed by atoms with van der Waals surface area (Å²) in [4.78, 5) is 14.5. The molecule has 0 saturated carbocycles. The second-order valence-corrected chi connectivity index (χ2v) is 6.31. The molecule has 4 nitrogen and oxygen atoms in total. The molecule has 90 valence electrons. The topological polar surface area (TPSA) is 41.6 Å². The van der Waals surface area contributed by atoms with E-state index in [9.17, 15) is 4.79 Å². The lowest BCUT2D eigenvalue weighted by Crippen LogP contribution is -2.86. The predicted octanol–water partition coefficient (Wildman–Crippen LogP) is 0.517. The Hall–Kier alpha value is -0.610. The molecule has 0 aromatic rings. The molecule has 0 aromatic heterocycles. The molecule has 4 heteroatoms. The molecule has 3 aliphatic heterocycles. The highest BCUT2D eigenvalue weighted by Crippen LogP contribution is 2.53. The zero-order valence-electron chi connectivity index (χ0n) is 10.2. The molecule has 3 aliphatic rings. The standard InChI is InChI=1S/C12H20N2O2/c1-11(2,3)16-10(15)12-4-8-6-13-7-9(5-12)14(8)12/h8-9,13H,4-7H2,1-3H3. The zero-order chi connectivity index (χ0) is 11.6. The largest absolute Gasteiger partial charge is 0.459 e. The van der Waals surface area contributed by atoms with Gasteiger partial charge in [0.2, 0.25) is 0 Å². The van der Waals surface area contributed by atoms with Gasteiger partial charge in [-0.1, -0.05) is 0 Å². The highest BCUT2D eigenvalue weighted by molar-refractivity contribution is 5.84. The Bertz CT molecular complexity index is 320. The van der Waals surface area contributed by atoms with Crippen molar-refractivity contribution in [2.24, 2.45) is 0 Å². The maximum atomic E-state index is 12.2. The van der Waals surface area contributed by atoms with Crippen LogP contribution in [0.3, 0.4) is 0 Å². The van der Waals surface area contributed by atoms with Gasteiger partial charge in [0, 0.05) is 25.2 Å². The third-order valence-corrected chi connectivity index (χ3v) is 3.97. The van der Waals surface area contributed by atoms with Crippen molar-refractivity contribution in [2.45, 2.75) is 56.8 Å². The first-order valence-electron chi connectivity index (χ1n) is 6.15. The molecular weight excluding hydrogens is 204 g/mol. The van der Waals surface area contributed by atoms with Crippen LogP contribution in [0, 0.1) is 0 Å². The van der Waals surface area contributed by atoms with Crippen molar-refractivity contribution in [1.29, 1.82) is 0 Å². The molecule has 0 aliphatic carbocycles. The molecule has 1 N–H and O–H groups in total. The van der Waals surface area contributed by atoms with Crippen molar-refractivity contribution >= 4 is 5.97 Å². The number of hydrogen-bond donors (Lipinski definition) is 1. The molecule has 3 saturated heterocycles. The van der Waals surface area contributed by atoms with Crippen LogP contribution in [0.25, 0.3) is 0 Å². The van der Waals surface area contributed by atoms with Crippen LogP contribution in [0.5, 0.6) is 0 Å². The second kappa shape index (κ2) is 2.99. The third-order valence-electron chi connectivity index (χ3n) is 3.97. The van der Waals surface area contributed by atoms with Gasteiger partial charge in [-0.05, 0) is 33.6 Å². The van der Waals surface area contributed by atoms with Crippen molar-refractivity contribution in [3.63, 3.8) is 0 Å². The fraction of sp³-hybridized carbons (Fsp3) is 0.917. The van der Waals surface area contributed by atoms with Crippen molar-refractivity contribution in [2.75, 3.05) is 13.1 Å².